The summed E-state index contributed by atoms with van der Waals surface area (Å²) in [6, 6.07) is 9.52. The van der Waals surface area contributed by atoms with E-state index in [4.69, 9.17) is 18.9 Å². The maximum Gasteiger partial charge on any atom is 0.269 e. The first-order chi connectivity index (χ1) is 15.4. The van der Waals surface area contributed by atoms with Crippen molar-refractivity contribution in [3.05, 3.63) is 63.6 Å². The molecule has 0 fully saturated rings. The van der Waals surface area contributed by atoms with Gasteiger partial charge < -0.3 is 18.9 Å². The largest absolute Gasteiger partial charge is 0.493 e. The number of nitrogens with one attached hydrogen (secondary N) is 2. The zero-order valence-electron chi connectivity index (χ0n) is 18.1. The Kier molecular flexibility index (Phi) is 7.50. The molecule has 0 spiro atoms. The number of benzene rings is 2. The Morgan fingerprint density at radius 2 is 1.50 bits per heavy atom. The molecule has 3 aromatic rings. The zero-order chi connectivity index (χ0) is 23.1. The normalized spacial score (nSPS) is 10.2. The number of carbonyl (C=O) groups is 2. The van der Waals surface area contributed by atoms with E-state index in [0.717, 1.165) is 10.7 Å². The molecular formula is C22H23N3O6S. The summed E-state index contributed by atoms with van der Waals surface area (Å²) in [5, 5.41) is 2.91. The van der Waals surface area contributed by atoms with Gasteiger partial charge in [0.15, 0.2) is 11.5 Å². The second-order valence-electron chi connectivity index (χ2n) is 6.49. The van der Waals surface area contributed by atoms with Crippen LogP contribution in [0, 0.1) is 6.92 Å². The number of aryl methyl sites for hydroxylation is 1. The van der Waals surface area contributed by atoms with Crippen molar-refractivity contribution in [3.8, 4) is 23.0 Å². The highest BCUT2D eigenvalue weighted by molar-refractivity contribution is 7.09. The van der Waals surface area contributed by atoms with Gasteiger partial charge in [-0.25, -0.2) is 4.98 Å². The number of carbonyl (C=O) groups excluding carboxylic acids is 2. The maximum absolute atomic E-state index is 12.5. The topological polar surface area (TPSA) is 108 Å². The fraction of sp³-hybridized carbons (Fsp3) is 0.227. The Labute approximate surface area is 189 Å². The summed E-state index contributed by atoms with van der Waals surface area (Å²) >= 11 is 1.56. The second kappa shape index (κ2) is 10.5. The van der Waals surface area contributed by atoms with Gasteiger partial charge in [-0.3, -0.25) is 20.4 Å². The number of nitrogens with zero attached hydrogens (tertiary/aromatic N) is 1. The van der Waals surface area contributed by atoms with Crippen molar-refractivity contribution in [3.63, 3.8) is 0 Å². The van der Waals surface area contributed by atoms with Crippen molar-refractivity contribution in [2.24, 2.45) is 0 Å². The molecule has 2 N–H and O–H groups in total. The Morgan fingerprint density at radius 1 is 0.906 bits per heavy atom. The monoisotopic (exact) mass is 457 g/mol. The van der Waals surface area contributed by atoms with Gasteiger partial charge in [0.2, 0.25) is 5.75 Å². The first-order valence-corrected chi connectivity index (χ1v) is 10.4. The molecule has 32 heavy (non-hydrogen) atoms. The predicted molar refractivity (Wildman–Crippen MR) is 119 cm³/mol. The Balaban J connectivity index is 1.58. The summed E-state index contributed by atoms with van der Waals surface area (Å²) in [6.45, 7) is 2.28. The molecule has 0 radical (unpaired) electrons. The van der Waals surface area contributed by atoms with Crippen LogP contribution in [0.15, 0.2) is 41.8 Å². The van der Waals surface area contributed by atoms with E-state index in [9.17, 15) is 9.59 Å². The van der Waals surface area contributed by atoms with Crippen molar-refractivity contribution in [2.45, 2.75) is 13.5 Å². The zero-order valence-corrected chi connectivity index (χ0v) is 18.9. The maximum atomic E-state index is 12.5. The van der Waals surface area contributed by atoms with Gasteiger partial charge in [0.25, 0.3) is 11.8 Å². The highest BCUT2D eigenvalue weighted by Crippen LogP contribution is 2.38. The van der Waals surface area contributed by atoms with Gasteiger partial charge in [0, 0.05) is 16.5 Å². The third kappa shape index (κ3) is 5.46. The lowest BCUT2D eigenvalue weighted by molar-refractivity contribution is 0.0846. The highest BCUT2D eigenvalue weighted by Gasteiger charge is 2.17. The molecule has 3 rings (SSSR count). The van der Waals surface area contributed by atoms with Gasteiger partial charge >= 0.3 is 0 Å². The standard InChI is InChI=1S/C22H23N3O6S/c1-13-23-16(12-32-13)11-31-17-7-5-14(6-8-17)21(26)24-25-22(27)15-9-18(28-2)20(30-4)19(10-15)29-3/h5-10,12H,11H2,1-4H3,(H,24,26)(H,25,27). The molecule has 0 saturated heterocycles. The van der Waals surface area contributed by atoms with E-state index in [1.54, 1.807) is 35.6 Å². The third-order valence-corrected chi connectivity index (χ3v) is 5.21. The lowest BCUT2D eigenvalue weighted by Gasteiger charge is -2.14. The quantitative estimate of drug-likeness (QED) is 0.500. The van der Waals surface area contributed by atoms with Crippen molar-refractivity contribution >= 4 is 23.2 Å². The van der Waals surface area contributed by atoms with Crippen molar-refractivity contribution in [1.82, 2.24) is 15.8 Å². The number of amides is 2. The molecule has 0 aliphatic rings. The average Bonchev–Trinajstić information content (AvgIpc) is 3.25. The first-order valence-electron chi connectivity index (χ1n) is 9.49. The van der Waals surface area contributed by atoms with Gasteiger partial charge in [0.05, 0.1) is 32.0 Å². The number of rotatable bonds is 8. The van der Waals surface area contributed by atoms with Gasteiger partial charge in [-0.05, 0) is 43.3 Å². The van der Waals surface area contributed by atoms with E-state index < -0.39 is 11.8 Å². The van der Waals surface area contributed by atoms with Crippen LogP contribution in [0.5, 0.6) is 23.0 Å². The smallest absolute Gasteiger partial charge is 0.269 e. The number of hydrogen-bond donors (Lipinski definition) is 2. The fourth-order valence-corrected chi connectivity index (χ4v) is 3.40. The molecule has 0 atom stereocenters. The van der Waals surface area contributed by atoms with E-state index in [2.05, 4.69) is 15.8 Å². The van der Waals surface area contributed by atoms with E-state index in [-0.39, 0.29) is 5.56 Å². The van der Waals surface area contributed by atoms with Crippen LogP contribution in [0.25, 0.3) is 0 Å². The van der Waals surface area contributed by atoms with Crippen LogP contribution in [-0.4, -0.2) is 38.1 Å². The fourth-order valence-electron chi connectivity index (χ4n) is 2.80. The summed E-state index contributed by atoms with van der Waals surface area (Å²) in [6.07, 6.45) is 0. The predicted octanol–water partition coefficient (Wildman–Crippen LogP) is 3.13. The van der Waals surface area contributed by atoms with E-state index in [1.165, 1.54) is 33.5 Å². The molecule has 0 bridgehead atoms. The Hall–Kier alpha value is -3.79. The number of hydrazine groups is 1. The van der Waals surface area contributed by atoms with E-state index in [0.29, 0.717) is 35.2 Å². The van der Waals surface area contributed by atoms with Crippen molar-refractivity contribution in [1.29, 1.82) is 0 Å². The number of hydrogen-bond acceptors (Lipinski definition) is 8. The molecule has 0 aliphatic carbocycles. The molecule has 0 saturated carbocycles. The lowest BCUT2D eigenvalue weighted by atomic mass is 10.1. The molecule has 2 aromatic carbocycles. The summed E-state index contributed by atoms with van der Waals surface area (Å²) < 4.78 is 21.4. The van der Waals surface area contributed by atoms with Crippen molar-refractivity contribution < 1.29 is 28.5 Å². The SMILES string of the molecule is COc1cc(C(=O)NNC(=O)c2ccc(OCc3csc(C)n3)cc2)cc(OC)c1OC. The summed E-state index contributed by atoms with van der Waals surface area (Å²) in [4.78, 5) is 29.2. The molecule has 1 heterocycles. The van der Waals surface area contributed by atoms with Crippen LogP contribution >= 0.6 is 11.3 Å². The van der Waals surface area contributed by atoms with Crippen LogP contribution in [0.1, 0.15) is 31.4 Å². The molecule has 1 aromatic heterocycles. The lowest BCUT2D eigenvalue weighted by Crippen LogP contribution is -2.41. The molecule has 9 nitrogen and oxygen atoms in total. The van der Waals surface area contributed by atoms with Crippen LogP contribution < -0.4 is 29.8 Å². The molecular weight excluding hydrogens is 434 g/mol. The third-order valence-electron chi connectivity index (χ3n) is 4.39. The molecule has 0 unspecified atom stereocenters. The van der Waals surface area contributed by atoms with Gasteiger partial charge in [-0.15, -0.1) is 11.3 Å². The van der Waals surface area contributed by atoms with Gasteiger partial charge in [-0.2, -0.15) is 0 Å². The molecule has 0 aliphatic heterocycles. The minimum Gasteiger partial charge on any atom is -0.493 e. The van der Waals surface area contributed by atoms with E-state index >= 15 is 0 Å². The van der Waals surface area contributed by atoms with Crippen LogP contribution in [0.4, 0.5) is 0 Å². The minimum absolute atomic E-state index is 0.223. The average molecular weight is 458 g/mol. The van der Waals surface area contributed by atoms with Crippen LogP contribution in [0.2, 0.25) is 0 Å². The molecule has 168 valence electrons. The number of ether oxygens (including phenoxy) is 4. The summed E-state index contributed by atoms with van der Waals surface area (Å²) in [5.74, 6) is 0.596. The molecule has 2 amide bonds. The Morgan fingerprint density at radius 3 is 2.00 bits per heavy atom. The number of aromatic nitrogens is 1. The molecule has 10 heteroatoms. The first kappa shape index (κ1) is 22.9. The Bertz CT molecular complexity index is 1070. The minimum atomic E-state index is -0.545. The summed E-state index contributed by atoms with van der Waals surface area (Å²) in [5.41, 5.74) is 6.18. The summed E-state index contributed by atoms with van der Waals surface area (Å²) in [7, 11) is 4.37. The second-order valence-corrected chi connectivity index (χ2v) is 7.56. The number of methoxy groups -OCH3 is 3. The highest BCUT2D eigenvalue weighted by atomic mass is 32.1. The van der Waals surface area contributed by atoms with Gasteiger partial charge in [-0.1, -0.05) is 0 Å². The van der Waals surface area contributed by atoms with Crippen molar-refractivity contribution in [2.75, 3.05) is 21.3 Å². The van der Waals surface area contributed by atoms with Crippen LogP contribution in [0.3, 0.4) is 0 Å². The van der Waals surface area contributed by atoms with Gasteiger partial charge in [0.1, 0.15) is 12.4 Å². The van der Waals surface area contributed by atoms with Crippen LogP contribution in [-0.2, 0) is 6.61 Å². The number of thiazole rings is 1. The van der Waals surface area contributed by atoms with E-state index in [1.807, 2.05) is 12.3 Å².